The van der Waals surface area contributed by atoms with Gasteiger partial charge in [-0.05, 0) is 31.4 Å². The third-order valence-corrected chi connectivity index (χ3v) is 4.38. The number of likely N-dealkylation sites (tertiary alicyclic amines) is 1. The molecule has 1 aliphatic heterocycles. The molecule has 0 spiro atoms. The van der Waals surface area contributed by atoms with Gasteiger partial charge < -0.3 is 16.0 Å². The normalized spacial score (nSPS) is 16.0. The van der Waals surface area contributed by atoms with Gasteiger partial charge in [-0.15, -0.1) is 12.4 Å². The molecule has 3 N–H and O–H groups in total. The van der Waals surface area contributed by atoms with Gasteiger partial charge in [0.25, 0.3) is 11.8 Å². The van der Waals surface area contributed by atoms with E-state index in [0.717, 1.165) is 4.90 Å². The SMILES string of the molecule is Cl.N[C@@H](CCCCNC(=O)c1cnc2ccccc2n1)C(=O)N1CC(F)(F)C1. The Morgan fingerprint density at radius 1 is 1.21 bits per heavy atom. The van der Waals surface area contributed by atoms with E-state index in [9.17, 15) is 18.4 Å². The largest absolute Gasteiger partial charge is 0.351 e. The molecule has 0 aliphatic carbocycles. The number of aromatic nitrogens is 2. The number of amides is 2. The summed E-state index contributed by atoms with van der Waals surface area (Å²) < 4.78 is 25.6. The van der Waals surface area contributed by atoms with E-state index in [2.05, 4.69) is 15.3 Å². The predicted molar refractivity (Wildman–Crippen MR) is 102 cm³/mol. The number of rotatable bonds is 7. The Kier molecular flexibility index (Phi) is 7.20. The molecule has 2 heterocycles. The van der Waals surface area contributed by atoms with Crippen molar-refractivity contribution in [3.63, 3.8) is 0 Å². The van der Waals surface area contributed by atoms with Crippen molar-refractivity contribution in [1.82, 2.24) is 20.2 Å². The average molecular weight is 414 g/mol. The lowest BCUT2D eigenvalue weighted by Crippen LogP contribution is -2.61. The van der Waals surface area contributed by atoms with Crippen LogP contribution in [0.1, 0.15) is 29.8 Å². The number of nitrogens with one attached hydrogen (secondary N) is 1. The van der Waals surface area contributed by atoms with Crippen LogP contribution in [-0.4, -0.2) is 58.3 Å². The molecule has 0 radical (unpaired) electrons. The predicted octanol–water partition coefficient (Wildman–Crippen LogP) is 1.76. The van der Waals surface area contributed by atoms with Crippen LogP contribution in [0.3, 0.4) is 0 Å². The number of nitrogens with two attached hydrogens (primary N) is 1. The van der Waals surface area contributed by atoms with Gasteiger partial charge in [-0.3, -0.25) is 14.6 Å². The highest BCUT2D eigenvalue weighted by atomic mass is 35.5. The first-order valence-corrected chi connectivity index (χ1v) is 8.78. The summed E-state index contributed by atoms with van der Waals surface area (Å²) in [5, 5.41) is 2.75. The molecule has 7 nitrogen and oxygen atoms in total. The van der Waals surface area contributed by atoms with Gasteiger partial charge in [0.15, 0.2) is 0 Å². The molecule has 1 fully saturated rings. The van der Waals surface area contributed by atoms with Gasteiger partial charge in [0, 0.05) is 6.54 Å². The number of nitrogens with zero attached hydrogens (tertiary/aromatic N) is 3. The second kappa shape index (κ2) is 9.20. The molecule has 0 bridgehead atoms. The Morgan fingerprint density at radius 2 is 1.89 bits per heavy atom. The molecule has 0 unspecified atom stereocenters. The molecule has 152 valence electrons. The smallest absolute Gasteiger partial charge is 0.282 e. The highest BCUT2D eigenvalue weighted by Crippen LogP contribution is 2.27. The molecular weight excluding hydrogens is 392 g/mol. The van der Waals surface area contributed by atoms with Crippen LogP contribution >= 0.6 is 12.4 Å². The number of unbranched alkanes of at least 4 members (excludes halogenated alkanes) is 1. The molecule has 0 saturated carbocycles. The number of hydrogen-bond acceptors (Lipinski definition) is 5. The lowest BCUT2D eigenvalue weighted by atomic mass is 10.1. The second-order valence-corrected chi connectivity index (χ2v) is 6.65. The van der Waals surface area contributed by atoms with E-state index in [-0.39, 0.29) is 24.0 Å². The zero-order valence-electron chi connectivity index (χ0n) is 15.1. The van der Waals surface area contributed by atoms with Gasteiger partial charge >= 0.3 is 0 Å². The van der Waals surface area contributed by atoms with Crippen LogP contribution in [0.15, 0.2) is 30.5 Å². The van der Waals surface area contributed by atoms with E-state index in [1.807, 2.05) is 18.2 Å². The van der Waals surface area contributed by atoms with Crippen molar-refractivity contribution in [3.05, 3.63) is 36.2 Å². The quantitative estimate of drug-likeness (QED) is 0.673. The van der Waals surface area contributed by atoms with Gasteiger partial charge in [0.2, 0.25) is 5.91 Å². The Labute approximate surface area is 167 Å². The molecule has 1 atom stereocenters. The van der Waals surface area contributed by atoms with Crippen molar-refractivity contribution >= 4 is 35.3 Å². The third-order valence-electron chi connectivity index (χ3n) is 4.38. The molecule has 1 saturated heterocycles. The first kappa shape index (κ1) is 21.9. The number of para-hydroxylation sites is 2. The number of alkyl halides is 2. The lowest BCUT2D eigenvalue weighted by Gasteiger charge is -2.39. The van der Waals surface area contributed by atoms with Gasteiger partial charge in [-0.2, -0.15) is 0 Å². The molecular formula is C18H22ClF2N5O2. The molecule has 1 aromatic carbocycles. The highest BCUT2D eigenvalue weighted by molar-refractivity contribution is 5.93. The van der Waals surface area contributed by atoms with Crippen LogP contribution in [0, 0.1) is 0 Å². The van der Waals surface area contributed by atoms with Gasteiger partial charge in [-0.25, -0.2) is 13.8 Å². The van der Waals surface area contributed by atoms with E-state index in [1.54, 1.807) is 6.07 Å². The van der Waals surface area contributed by atoms with Crippen LogP contribution in [0.25, 0.3) is 11.0 Å². The first-order chi connectivity index (χ1) is 12.9. The van der Waals surface area contributed by atoms with E-state index in [0.29, 0.717) is 36.8 Å². The fraction of sp³-hybridized carbons (Fsp3) is 0.444. The molecule has 3 rings (SSSR count). The molecule has 10 heteroatoms. The number of halogens is 3. The molecule has 1 aromatic heterocycles. The number of benzene rings is 1. The van der Waals surface area contributed by atoms with Crippen LogP contribution in [0.2, 0.25) is 0 Å². The molecule has 2 aromatic rings. The van der Waals surface area contributed by atoms with E-state index < -0.39 is 31.0 Å². The standard InChI is InChI=1S/C18H21F2N5O2.ClH/c19-18(20)10-25(11-18)17(27)12(21)5-3-4-8-22-16(26)15-9-23-13-6-1-2-7-14(13)24-15;/h1-2,6-7,9,12H,3-5,8,10-11,21H2,(H,22,26);1H/t12-;/m0./s1. The summed E-state index contributed by atoms with van der Waals surface area (Å²) in [6.45, 7) is -0.708. The summed E-state index contributed by atoms with van der Waals surface area (Å²) in [5.74, 6) is -3.56. The Balaban J connectivity index is 0.00000280. The van der Waals surface area contributed by atoms with Crippen molar-refractivity contribution in [1.29, 1.82) is 0 Å². The summed E-state index contributed by atoms with van der Waals surface area (Å²) in [7, 11) is 0. The molecule has 2 amide bonds. The summed E-state index contributed by atoms with van der Waals surface area (Å²) in [4.78, 5) is 33.5. The minimum absolute atomic E-state index is 0. The van der Waals surface area contributed by atoms with E-state index >= 15 is 0 Å². The van der Waals surface area contributed by atoms with Crippen LogP contribution in [0.5, 0.6) is 0 Å². The zero-order chi connectivity index (χ0) is 19.4. The monoisotopic (exact) mass is 413 g/mol. The maximum Gasteiger partial charge on any atom is 0.282 e. The zero-order valence-corrected chi connectivity index (χ0v) is 15.9. The van der Waals surface area contributed by atoms with E-state index in [1.165, 1.54) is 6.20 Å². The Morgan fingerprint density at radius 3 is 2.57 bits per heavy atom. The fourth-order valence-electron chi connectivity index (χ4n) is 2.87. The minimum atomic E-state index is -2.79. The second-order valence-electron chi connectivity index (χ2n) is 6.65. The Hall–Kier alpha value is -2.39. The van der Waals surface area contributed by atoms with Crippen molar-refractivity contribution < 1.29 is 18.4 Å². The summed E-state index contributed by atoms with van der Waals surface area (Å²) in [5.41, 5.74) is 7.36. The number of fused-ring (bicyclic) bond motifs is 1. The minimum Gasteiger partial charge on any atom is -0.351 e. The van der Waals surface area contributed by atoms with Gasteiger partial charge in [0.1, 0.15) is 5.69 Å². The Bertz CT molecular complexity index is 844. The lowest BCUT2D eigenvalue weighted by molar-refractivity contribution is -0.167. The first-order valence-electron chi connectivity index (χ1n) is 8.78. The molecule has 1 aliphatic rings. The summed E-state index contributed by atoms with van der Waals surface area (Å²) in [6, 6.07) is 6.48. The maximum atomic E-state index is 12.8. The van der Waals surface area contributed by atoms with E-state index in [4.69, 9.17) is 5.73 Å². The molecule has 28 heavy (non-hydrogen) atoms. The van der Waals surface area contributed by atoms with Crippen molar-refractivity contribution in [3.8, 4) is 0 Å². The van der Waals surface area contributed by atoms with Gasteiger partial charge in [0.05, 0.1) is 36.4 Å². The number of carbonyl (C=O) groups is 2. The van der Waals surface area contributed by atoms with Crippen molar-refractivity contribution in [2.75, 3.05) is 19.6 Å². The maximum absolute atomic E-state index is 12.8. The number of carbonyl (C=O) groups excluding carboxylic acids is 2. The summed E-state index contributed by atoms with van der Waals surface area (Å²) in [6.07, 6.45) is 3.02. The number of hydrogen-bond donors (Lipinski definition) is 2. The summed E-state index contributed by atoms with van der Waals surface area (Å²) >= 11 is 0. The van der Waals surface area contributed by atoms with Gasteiger partial charge in [-0.1, -0.05) is 12.1 Å². The van der Waals surface area contributed by atoms with Crippen LogP contribution in [-0.2, 0) is 4.79 Å². The third kappa shape index (κ3) is 5.32. The highest BCUT2D eigenvalue weighted by Gasteiger charge is 2.46. The van der Waals surface area contributed by atoms with Crippen LogP contribution < -0.4 is 11.1 Å². The van der Waals surface area contributed by atoms with Crippen molar-refractivity contribution in [2.45, 2.75) is 31.2 Å². The van der Waals surface area contributed by atoms with Crippen molar-refractivity contribution in [2.24, 2.45) is 5.73 Å². The topological polar surface area (TPSA) is 101 Å². The van der Waals surface area contributed by atoms with Crippen LogP contribution in [0.4, 0.5) is 8.78 Å². The fourth-order valence-corrected chi connectivity index (χ4v) is 2.87. The average Bonchev–Trinajstić information content (AvgIpc) is 2.64.